The Morgan fingerprint density at radius 1 is 0.368 bits per heavy atom. The molecule has 3 nitrogen and oxygen atoms in total. The molecule has 0 unspecified atom stereocenters. The summed E-state index contributed by atoms with van der Waals surface area (Å²) in [6.07, 6.45) is 6.24. The maximum Gasteiger partial charge on any atom is 0.137 e. The minimum Gasteiger partial charge on any atom is -0.456 e. The van der Waals surface area contributed by atoms with Crippen molar-refractivity contribution in [1.29, 1.82) is 0 Å². The maximum absolute atomic E-state index is 6.43. The van der Waals surface area contributed by atoms with E-state index in [4.69, 9.17) is 4.42 Å². The Morgan fingerprint density at radius 3 is 1.79 bits per heavy atom. The van der Waals surface area contributed by atoms with E-state index in [9.17, 15) is 0 Å². The molecule has 270 valence electrons. The third kappa shape index (κ3) is 4.32. The van der Waals surface area contributed by atoms with Crippen molar-refractivity contribution in [3.05, 3.63) is 181 Å². The molecule has 1 fully saturated rings. The third-order valence-corrected chi connectivity index (χ3v) is 13.5. The molecular weight excluding hydrogens is 693 g/mol. The van der Waals surface area contributed by atoms with Crippen LogP contribution in [0.2, 0.25) is 0 Å². The van der Waals surface area contributed by atoms with Crippen LogP contribution >= 0.6 is 0 Å². The van der Waals surface area contributed by atoms with Crippen molar-refractivity contribution < 1.29 is 4.42 Å². The van der Waals surface area contributed by atoms with E-state index in [1.807, 2.05) is 6.07 Å². The fraction of sp³-hybridized carbons (Fsp3) is 0.111. The van der Waals surface area contributed by atoms with E-state index in [0.29, 0.717) is 0 Å². The Hall–Kier alpha value is -6.84. The molecule has 0 bridgehead atoms. The molecule has 3 heteroatoms. The number of furan rings is 1. The zero-order valence-electron chi connectivity index (χ0n) is 31.5. The molecule has 0 aliphatic heterocycles. The molecule has 11 aromatic rings. The summed E-state index contributed by atoms with van der Waals surface area (Å²) < 4.78 is 11.3. The molecule has 2 aliphatic rings. The van der Waals surface area contributed by atoms with Gasteiger partial charge in [-0.05, 0) is 119 Å². The SMILES string of the molecule is c1ccc(-n2c3ccccc3c3cc(-c4ccc5c(c4)-c4cc6c(cc4C54CCCCC4)c4ccccc4n6-c4ccc5c(c4)oc4ccccc45)ccc32)cc1. The highest BCUT2D eigenvalue weighted by Crippen LogP contribution is 2.58. The van der Waals surface area contributed by atoms with Gasteiger partial charge in [-0.3, -0.25) is 0 Å². The summed E-state index contributed by atoms with van der Waals surface area (Å²) in [6.45, 7) is 0. The number of aromatic nitrogens is 2. The van der Waals surface area contributed by atoms with Gasteiger partial charge in [-0.2, -0.15) is 0 Å². The van der Waals surface area contributed by atoms with Crippen LogP contribution in [-0.4, -0.2) is 9.13 Å². The van der Waals surface area contributed by atoms with Crippen molar-refractivity contribution in [3.8, 4) is 33.6 Å². The highest BCUT2D eigenvalue weighted by molar-refractivity contribution is 6.13. The minimum absolute atomic E-state index is 0.0408. The second-order valence-corrected chi connectivity index (χ2v) is 16.4. The van der Waals surface area contributed by atoms with E-state index in [1.165, 1.54) is 115 Å². The topological polar surface area (TPSA) is 23.0 Å². The van der Waals surface area contributed by atoms with E-state index in [2.05, 4.69) is 173 Å². The predicted molar refractivity (Wildman–Crippen MR) is 237 cm³/mol. The van der Waals surface area contributed by atoms with Crippen LogP contribution in [-0.2, 0) is 5.41 Å². The number of para-hydroxylation sites is 4. The fourth-order valence-corrected chi connectivity index (χ4v) is 11.0. The first-order valence-electron chi connectivity index (χ1n) is 20.5. The molecule has 0 amide bonds. The Labute approximate surface area is 330 Å². The number of rotatable bonds is 3. The zero-order valence-corrected chi connectivity index (χ0v) is 31.5. The largest absolute Gasteiger partial charge is 0.456 e. The lowest BCUT2D eigenvalue weighted by Crippen LogP contribution is -2.28. The molecular formula is C54H38N2O. The maximum atomic E-state index is 6.43. The zero-order chi connectivity index (χ0) is 37.2. The number of benzene rings is 8. The van der Waals surface area contributed by atoms with Crippen LogP contribution in [0.5, 0.6) is 0 Å². The lowest BCUT2D eigenvalue weighted by atomic mass is 9.67. The molecule has 2 aliphatic carbocycles. The van der Waals surface area contributed by atoms with Crippen molar-refractivity contribution in [2.75, 3.05) is 0 Å². The summed E-state index contributed by atoms with van der Waals surface area (Å²) in [5.74, 6) is 0. The summed E-state index contributed by atoms with van der Waals surface area (Å²) in [7, 11) is 0. The molecule has 3 aromatic heterocycles. The van der Waals surface area contributed by atoms with Crippen LogP contribution in [0.3, 0.4) is 0 Å². The molecule has 57 heavy (non-hydrogen) atoms. The second-order valence-electron chi connectivity index (χ2n) is 16.4. The lowest BCUT2D eigenvalue weighted by molar-refractivity contribution is 0.353. The average molecular weight is 731 g/mol. The van der Waals surface area contributed by atoms with E-state index in [0.717, 1.165) is 27.6 Å². The number of hydrogen-bond donors (Lipinski definition) is 0. The van der Waals surface area contributed by atoms with E-state index >= 15 is 0 Å². The Morgan fingerprint density at radius 2 is 0.982 bits per heavy atom. The Balaban J connectivity index is 1.03. The standard InChI is InChI=1S/C54H38N2O/c1-3-13-36(14-4-1)55-48-18-8-5-15-38(48)44-30-35(22-26-50(44)55)34-21-25-46-42(29-34)43-33-51-45(32-47(43)54(46)27-11-2-12-28-54)39-16-6-9-19-49(39)56(51)37-23-24-41-40-17-7-10-20-52(40)57-53(41)31-37/h1,3-10,13-26,29-33H,2,11-12,27-28H2. The van der Waals surface area contributed by atoms with E-state index in [-0.39, 0.29) is 5.41 Å². The van der Waals surface area contributed by atoms with E-state index in [1.54, 1.807) is 0 Å². The van der Waals surface area contributed by atoms with Gasteiger partial charge >= 0.3 is 0 Å². The van der Waals surface area contributed by atoms with Gasteiger partial charge in [0, 0.05) is 55.2 Å². The molecule has 1 saturated carbocycles. The van der Waals surface area contributed by atoms with E-state index < -0.39 is 0 Å². The van der Waals surface area contributed by atoms with Crippen LogP contribution < -0.4 is 0 Å². The minimum atomic E-state index is 0.0408. The molecule has 8 aromatic carbocycles. The highest BCUT2D eigenvalue weighted by atomic mass is 16.3. The molecule has 0 atom stereocenters. The molecule has 0 N–H and O–H groups in total. The summed E-state index contributed by atoms with van der Waals surface area (Å²) in [6, 6.07) is 63.1. The van der Waals surface area contributed by atoms with Crippen LogP contribution in [0, 0.1) is 0 Å². The van der Waals surface area contributed by atoms with Gasteiger partial charge < -0.3 is 13.6 Å². The first kappa shape index (κ1) is 31.4. The summed E-state index contributed by atoms with van der Waals surface area (Å²) in [5, 5.41) is 7.49. The van der Waals surface area contributed by atoms with Gasteiger partial charge in [-0.25, -0.2) is 0 Å². The fourth-order valence-electron chi connectivity index (χ4n) is 11.0. The number of nitrogens with zero attached hydrogens (tertiary/aromatic N) is 2. The monoisotopic (exact) mass is 730 g/mol. The van der Waals surface area contributed by atoms with Gasteiger partial charge in [0.25, 0.3) is 0 Å². The quantitative estimate of drug-likeness (QED) is 0.177. The Kier molecular flexibility index (Phi) is 6.38. The average Bonchev–Trinajstić information content (AvgIpc) is 3.98. The lowest BCUT2D eigenvalue weighted by Gasteiger charge is -2.36. The molecule has 1 spiro atoms. The van der Waals surface area contributed by atoms with Gasteiger partial charge in [-0.1, -0.05) is 110 Å². The predicted octanol–water partition coefficient (Wildman–Crippen LogP) is 14.7. The van der Waals surface area contributed by atoms with Gasteiger partial charge in [0.2, 0.25) is 0 Å². The van der Waals surface area contributed by atoms with Crippen molar-refractivity contribution in [2.45, 2.75) is 37.5 Å². The second kappa shape index (κ2) is 11.6. The van der Waals surface area contributed by atoms with Crippen LogP contribution in [0.25, 0.3) is 99.2 Å². The van der Waals surface area contributed by atoms with Crippen LogP contribution in [0.15, 0.2) is 174 Å². The van der Waals surface area contributed by atoms with Crippen LogP contribution in [0.1, 0.15) is 43.2 Å². The molecule has 13 rings (SSSR count). The van der Waals surface area contributed by atoms with Crippen molar-refractivity contribution in [3.63, 3.8) is 0 Å². The van der Waals surface area contributed by atoms with Gasteiger partial charge in [0.05, 0.1) is 22.1 Å². The molecule has 0 radical (unpaired) electrons. The number of fused-ring (bicyclic) bond motifs is 14. The summed E-state index contributed by atoms with van der Waals surface area (Å²) in [4.78, 5) is 0. The van der Waals surface area contributed by atoms with Gasteiger partial charge in [-0.15, -0.1) is 0 Å². The van der Waals surface area contributed by atoms with Gasteiger partial charge in [0.1, 0.15) is 11.2 Å². The van der Waals surface area contributed by atoms with Crippen molar-refractivity contribution in [1.82, 2.24) is 9.13 Å². The highest BCUT2D eigenvalue weighted by Gasteiger charge is 2.44. The first-order chi connectivity index (χ1) is 28.2. The summed E-state index contributed by atoms with van der Waals surface area (Å²) >= 11 is 0. The van der Waals surface area contributed by atoms with Crippen molar-refractivity contribution in [2.24, 2.45) is 0 Å². The first-order valence-corrected chi connectivity index (χ1v) is 20.5. The van der Waals surface area contributed by atoms with Crippen molar-refractivity contribution >= 4 is 65.6 Å². The Bertz CT molecular complexity index is 3440. The molecule has 0 saturated heterocycles. The smallest absolute Gasteiger partial charge is 0.137 e. The summed E-state index contributed by atoms with van der Waals surface area (Å²) in [5.41, 5.74) is 17.4. The van der Waals surface area contributed by atoms with Gasteiger partial charge in [0.15, 0.2) is 0 Å². The normalized spacial score (nSPS) is 14.8. The number of hydrogen-bond acceptors (Lipinski definition) is 1. The van der Waals surface area contributed by atoms with Crippen LogP contribution in [0.4, 0.5) is 0 Å². The third-order valence-electron chi connectivity index (χ3n) is 13.5. The molecule has 3 heterocycles.